The highest BCUT2D eigenvalue weighted by molar-refractivity contribution is 7.90. The molecule has 0 saturated carbocycles. The number of hydrogen-bond donors (Lipinski definition) is 0. The van der Waals surface area contributed by atoms with E-state index in [1.807, 2.05) is 0 Å². The van der Waals surface area contributed by atoms with E-state index in [1.54, 1.807) is 6.07 Å². The Balaban J connectivity index is 2.24. The zero-order chi connectivity index (χ0) is 19.2. The van der Waals surface area contributed by atoms with Crippen LogP contribution in [0.15, 0.2) is 39.8 Å². The van der Waals surface area contributed by atoms with Crippen molar-refractivity contribution in [2.24, 2.45) is 0 Å². The Morgan fingerprint density at radius 1 is 1.04 bits per heavy atom. The minimum absolute atomic E-state index is 0.172. The summed E-state index contributed by atoms with van der Waals surface area (Å²) in [5, 5.41) is 4.48. The van der Waals surface area contributed by atoms with Crippen molar-refractivity contribution < 1.29 is 21.7 Å². The second-order valence-electron chi connectivity index (χ2n) is 5.63. The molecule has 26 heavy (non-hydrogen) atoms. The van der Waals surface area contributed by atoms with Gasteiger partial charge in [0.05, 0.1) is 15.6 Å². The van der Waals surface area contributed by atoms with Gasteiger partial charge in [0.15, 0.2) is 9.84 Å². The molecule has 0 unspecified atom stereocenters. The van der Waals surface area contributed by atoms with Crippen molar-refractivity contribution >= 4 is 33.0 Å². The molecule has 0 aliphatic carbocycles. The van der Waals surface area contributed by atoms with Gasteiger partial charge in [-0.15, -0.1) is 0 Å². The largest absolute Gasteiger partial charge is 0.360 e. The Kier molecular flexibility index (Phi) is 4.81. The van der Waals surface area contributed by atoms with Crippen molar-refractivity contribution in [2.75, 3.05) is 6.26 Å². The number of rotatable bonds is 3. The van der Waals surface area contributed by atoms with Crippen LogP contribution in [0.1, 0.15) is 5.76 Å². The number of hydrogen-bond acceptors (Lipinski definition) is 4. The number of sulfone groups is 1. The Bertz CT molecular complexity index is 1130. The smallest absolute Gasteiger partial charge is 0.178 e. The van der Waals surface area contributed by atoms with Crippen LogP contribution in [0.25, 0.3) is 22.4 Å². The predicted molar refractivity (Wildman–Crippen MR) is 95.2 cm³/mol. The second-order valence-corrected chi connectivity index (χ2v) is 8.42. The maximum absolute atomic E-state index is 14.6. The monoisotopic (exact) mass is 417 g/mol. The number of halogens is 4. The first-order valence-electron chi connectivity index (χ1n) is 7.20. The summed E-state index contributed by atoms with van der Waals surface area (Å²) >= 11 is 11.9. The van der Waals surface area contributed by atoms with Crippen LogP contribution >= 0.6 is 23.2 Å². The van der Waals surface area contributed by atoms with E-state index in [2.05, 4.69) is 5.16 Å². The zero-order valence-corrected chi connectivity index (χ0v) is 15.8. The van der Waals surface area contributed by atoms with Crippen LogP contribution in [0.5, 0.6) is 0 Å². The van der Waals surface area contributed by atoms with Gasteiger partial charge in [0.1, 0.15) is 28.0 Å². The standard InChI is InChI=1S/C17H11Cl2F2NO3S/c1-8-16(10-6-14(21)15(7-13(10)20)26(2,23)24)17(22-25-8)9-3-4-11(18)12(19)5-9/h3-7H,1-2H3. The van der Waals surface area contributed by atoms with E-state index in [-0.39, 0.29) is 27.6 Å². The Hall–Kier alpha value is -1.96. The molecule has 0 fully saturated rings. The minimum atomic E-state index is -3.91. The van der Waals surface area contributed by atoms with E-state index in [4.69, 9.17) is 27.7 Å². The molecule has 0 bridgehead atoms. The van der Waals surface area contributed by atoms with Gasteiger partial charge in [-0.2, -0.15) is 0 Å². The lowest BCUT2D eigenvalue weighted by atomic mass is 9.99. The van der Waals surface area contributed by atoms with Crippen molar-refractivity contribution in [3.63, 3.8) is 0 Å². The van der Waals surface area contributed by atoms with Crippen molar-refractivity contribution in [3.8, 4) is 22.4 Å². The Morgan fingerprint density at radius 2 is 1.73 bits per heavy atom. The Labute approximate surface area is 158 Å². The van der Waals surface area contributed by atoms with Gasteiger partial charge in [-0.3, -0.25) is 0 Å². The molecule has 0 saturated heterocycles. The number of aromatic nitrogens is 1. The summed E-state index contributed by atoms with van der Waals surface area (Å²) in [6.45, 7) is 1.53. The summed E-state index contributed by atoms with van der Waals surface area (Å²) in [4.78, 5) is -0.719. The normalized spacial score (nSPS) is 11.8. The van der Waals surface area contributed by atoms with Crippen LogP contribution in [-0.2, 0) is 9.84 Å². The number of nitrogens with zero attached hydrogens (tertiary/aromatic N) is 1. The second kappa shape index (κ2) is 6.64. The minimum Gasteiger partial charge on any atom is -0.360 e. The average Bonchev–Trinajstić information content (AvgIpc) is 2.92. The van der Waals surface area contributed by atoms with Crippen LogP contribution in [0, 0.1) is 18.6 Å². The summed E-state index contributed by atoms with van der Waals surface area (Å²) in [5.74, 6) is -1.75. The lowest BCUT2D eigenvalue weighted by Crippen LogP contribution is -2.03. The van der Waals surface area contributed by atoms with E-state index < -0.39 is 26.4 Å². The van der Waals surface area contributed by atoms with Gasteiger partial charge in [-0.1, -0.05) is 34.4 Å². The molecule has 0 spiro atoms. The molecule has 136 valence electrons. The molecule has 1 heterocycles. The van der Waals surface area contributed by atoms with Gasteiger partial charge < -0.3 is 4.52 Å². The van der Waals surface area contributed by atoms with Crippen molar-refractivity contribution in [2.45, 2.75) is 11.8 Å². The predicted octanol–water partition coefficient (Wildman–Crippen LogP) is 5.31. The molecule has 0 atom stereocenters. The van der Waals surface area contributed by atoms with Crippen LogP contribution in [0.4, 0.5) is 8.78 Å². The van der Waals surface area contributed by atoms with Gasteiger partial charge in [0, 0.05) is 17.4 Å². The van der Waals surface area contributed by atoms with Crippen molar-refractivity contribution in [1.29, 1.82) is 0 Å². The number of aryl methyl sites for hydroxylation is 1. The maximum atomic E-state index is 14.6. The molecular formula is C17H11Cl2F2NO3S. The van der Waals surface area contributed by atoms with E-state index in [9.17, 15) is 17.2 Å². The first-order chi connectivity index (χ1) is 12.1. The SMILES string of the molecule is Cc1onc(-c2ccc(Cl)c(Cl)c2)c1-c1cc(F)c(S(C)(=O)=O)cc1F. The zero-order valence-electron chi connectivity index (χ0n) is 13.5. The lowest BCUT2D eigenvalue weighted by molar-refractivity contribution is 0.400. The third-order valence-corrected chi connectivity index (χ3v) is 5.60. The van der Waals surface area contributed by atoms with Gasteiger partial charge >= 0.3 is 0 Å². The quantitative estimate of drug-likeness (QED) is 0.579. The third kappa shape index (κ3) is 3.34. The molecule has 0 aliphatic rings. The average molecular weight is 418 g/mol. The van der Waals surface area contributed by atoms with Crippen LogP contribution in [0.2, 0.25) is 10.0 Å². The van der Waals surface area contributed by atoms with Crippen LogP contribution in [-0.4, -0.2) is 19.8 Å². The molecule has 0 amide bonds. The Morgan fingerprint density at radius 3 is 2.35 bits per heavy atom. The fourth-order valence-electron chi connectivity index (χ4n) is 2.53. The highest BCUT2D eigenvalue weighted by atomic mass is 35.5. The van der Waals surface area contributed by atoms with E-state index in [1.165, 1.54) is 19.1 Å². The molecule has 0 N–H and O–H groups in total. The molecule has 1 aromatic heterocycles. The first-order valence-corrected chi connectivity index (χ1v) is 9.85. The van der Waals surface area contributed by atoms with Gasteiger partial charge in [0.2, 0.25) is 0 Å². The fourth-order valence-corrected chi connectivity index (χ4v) is 3.56. The summed E-state index contributed by atoms with van der Waals surface area (Å²) in [6, 6.07) is 6.12. The summed E-state index contributed by atoms with van der Waals surface area (Å²) in [6.07, 6.45) is 0.802. The summed E-state index contributed by atoms with van der Waals surface area (Å²) < 4.78 is 57.1. The van der Waals surface area contributed by atoms with E-state index in [0.717, 1.165) is 12.3 Å². The van der Waals surface area contributed by atoms with Crippen molar-refractivity contribution in [1.82, 2.24) is 5.16 Å². The van der Waals surface area contributed by atoms with Gasteiger partial charge in [-0.25, -0.2) is 17.2 Å². The summed E-state index contributed by atoms with van der Waals surface area (Å²) in [5.41, 5.74) is 0.735. The maximum Gasteiger partial charge on any atom is 0.178 e. The van der Waals surface area contributed by atoms with E-state index in [0.29, 0.717) is 16.7 Å². The topological polar surface area (TPSA) is 60.2 Å². The molecule has 9 heteroatoms. The van der Waals surface area contributed by atoms with Gasteiger partial charge in [-0.05, 0) is 31.2 Å². The van der Waals surface area contributed by atoms with Crippen LogP contribution < -0.4 is 0 Å². The molecule has 2 aromatic carbocycles. The fraction of sp³-hybridized carbons (Fsp3) is 0.118. The lowest BCUT2D eigenvalue weighted by Gasteiger charge is -2.08. The van der Waals surface area contributed by atoms with Crippen molar-refractivity contribution in [3.05, 3.63) is 57.8 Å². The third-order valence-electron chi connectivity index (χ3n) is 3.75. The summed E-state index contributed by atoms with van der Waals surface area (Å²) in [7, 11) is -3.91. The molecule has 3 aromatic rings. The number of benzene rings is 2. The molecular weight excluding hydrogens is 407 g/mol. The molecule has 0 radical (unpaired) electrons. The molecule has 0 aliphatic heterocycles. The van der Waals surface area contributed by atoms with Crippen LogP contribution in [0.3, 0.4) is 0 Å². The molecule has 3 rings (SSSR count). The molecule has 4 nitrogen and oxygen atoms in total. The van der Waals surface area contributed by atoms with Gasteiger partial charge in [0.25, 0.3) is 0 Å². The highest BCUT2D eigenvalue weighted by Crippen LogP contribution is 2.38. The first kappa shape index (κ1) is 18.8. The van der Waals surface area contributed by atoms with E-state index >= 15 is 0 Å². The highest BCUT2D eigenvalue weighted by Gasteiger charge is 2.24.